The third-order valence-electron chi connectivity index (χ3n) is 3.20. The van der Waals surface area contributed by atoms with Crippen molar-refractivity contribution >= 4 is 0 Å². The molecule has 1 unspecified atom stereocenters. The molecule has 0 spiro atoms. The average Bonchev–Trinajstić information content (AvgIpc) is 2.80. The summed E-state index contributed by atoms with van der Waals surface area (Å²) in [4.78, 5) is 0. The fourth-order valence-electron chi connectivity index (χ4n) is 1.98. The lowest BCUT2D eigenvalue weighted by Crippen LogP contribution is -2.11. The summed E-state index contributed by atoms with van der Waals surface area (Å²) in [5.74, 6) is 0.412. The maximum absolute atomic E-state index is 12.6. The van der Waals surface area contributed by atoms with Crippen LogP contribution in [-0.4, -0.2) is 6.54 Å². The maximum Gasteiger partial charge on any atom is 0.123 e. The molecule has 1 saturated carbocycles. The Morgan fingerprint density at radius 2 is 2.08 bits per heavy atom. The van der Waals surface area contributed by atoms with Crippen molar-refractivity contribution in [3.05, 3.63) is 35.6 Å². The van der Waals surface area contributed by atoms with Crippen LogP contribution in [0.15, 0.2) is 24.3 Å². The molecule has 0 bridgehead atoms. The third-order valence-corrected chi connectivity index (χ3v) is 3.20. The van der Waals surface area contributed by atoms with Crippen LogP contribution in [0.4, 0.5) is 4.39 Å². The number of halogens is 1. The van der Waals surface area contributed by atoms with E-state index in [1.165, 1.54) is 17.7 Å². The zero-order valence-corrected chi connectivity index (χ0v) is 7.76. The highest BCUT2D eigenvalue weighted by molar-refractivity contribution is 5.32. The number of benzene rings is 1. The van der Waals surface area contributed by atoms with Crippen molar-refractivity contribution in [2.45, 2.75) is 18.8 Å². The van der Waals surface area contributed by atoms with E-state index in [-0.39, 0.29) is 11.2 Å². The molecule has 2 atom stereocenters. The molecule has 1 aromatic rings. The molecule has 0 saturated heterocycles. The van der Waals surface area contributed by atoms with E-state index in [0.717, 1.165) is 13.0 Å². The first kappa shape index (κ1) is 8.70. The van der Waals surface area contributed by atoms with Crippen LogP contribution in [0.1, 0.15) is 18.9 Å². The van der Waals surface area contributed by atoms with E-state index < -0.39 is 0 Å². The summed E-state index contributed by atoms with van der Waals surface area (Å²) in [5, 5.41) is 0. The van der Waals surface area contributed by atoms with E-state index in [1.54, 1.807) is 0 Å². The fourth-order valence-corrected chi connectivity index (χ4v) is 1.98. The van der Waals surface area contributed by atoms with E-state index >= 15 is 0 Å². The molecule has 1 fully saturated rings. The largest absolute Gasteiger partial charge is 0.330 e. The van der Waals surface area contributed by atoms with Crippen molar-refractivity contribution < 1.29 is 4.39 Å². The van der Waals surface area contributed by atoms with Crippen LogP contribution < -0.4 is 5.73 Å². The van der Waals surface area contributed by atoms with Gasteiger partial charge in [-0.2, -0.15) is 0 Å². The Hall–Kier alpha value is -0.890. The van der Waals surface area contributed by atoms with Crippen LogP contribution in [0.3, 0.4) is 0 Å². The number of hydrogen-bond donors (Lipinski definition) is 1. The lowest BCUT2D eigenvalue weighted by Gasteiger charge is -2.10. The fraction of sp³-hybridized carbons (Fsp3) is 0.455. The summed E-state index contributed by atoms with van der Waals surface area (Å²) < 4.78 is 12.6. The van der Waals surface area contributed by atoms with Gasteiger partial charge in [0.05, 0.1) is 0 Å². The molecule has 2 heteroatoms. The molecule has 0 aliphatic heterocycles. The van der Waals surface area contributed by atoms with Gasteiger partial charge < -0.3 is 5.73 Å². The Labute approximate surface area is 77.8 Å². The first-order valence-electron chi connectivity index (χ1n) is 4.63. The quantitative estimate of drug-likeness (QED) is 0.739. The molecular formula is C11H14FN. The molecule has 1 aliphatic rings. The third kappa shape index (κ3) is 1.35. The lowest BCUT2D eigenvalue weighted by atomic mass is 9.95. The second-order valence-electron chi connectivity index (χ2n) is 4.06. The molecule has 2 rings (SSSR count). The highest BCUT2D eigenvalue weighted by Gasteiger charge is 2.49. The summed E-state index contributed by atoms with van der Waals surface area (Å²) in [6, 6.07) is 6.77. The minimum atomic E-state index is -0.169. The zero-order valence-electron chi connectivity index (χ0n) is 7.76. The first-order chi connectivity index (χ1) is 6.16. The molecule has 2 N–H and O–H groups in total. The van der Waals surface area contributed by atoms with E-state index in [0.29, 0.717) is 5.92 Å². The minimum Gasteiger partial charge on any atom is -0.330 e. The van der Waals surface area contributed by atoms with Gasteiger partial charge in [-0.3, -0.25) is 0 Å². The Morgan fingerprint density at radius 1 is 1.46 bits per heavy atom. The van der Waals surface area contributed by atoms with Crippen molar-refractivity contribution in [3.63, 3.8) is 0 Å². The summed E-state index contributed by atoms with van der Waals surface area (Å²) in [7, 11) is 0. The molecule has 1 aromatic carbocycles. The molecule has 0 amide bonds. The Kier molecular flexibility index (Phi) is 1.88. The number of nitrogens with two attached hydrogens (primary N) is 1. The highest BCUT2D eigenvalue weighted by Crippen LogP contribution is 2.53. The first-order valence-corrected chi connectivity index (χ1v) is 4.63. The summed E-state index contributed by atoms with van der Waals surface area (Å²) in [5.41, 5.74) is 7.03. The van der Waals surface area contributed by atoms with Crippen LogP contribution in [0.5, 0.6) is 0 Å². The van der Waals surface area contributed by atoms with Crippen molar-refractivity contribution in [1.29, 1.82) is 0 Å². The van der Waals surface area contributed by atoms with Crippen molar-refractivity contribution in [1.82, 2.24) is 0 Å². The summed E-state index contributed by atoms with van der Waals surface area (Å²) in [6.45, 7) is 2.92. The summed E-state index contributed by atoms with van der Waals surface area (Å²) >= 11 is 0. The smallest absolute Gasteiger partial charge is 0.123 e. The molecular weight excluding hydrogens is 165 g/mol. The van der Waals surface area contributed by atoms with Gasteiger partial charge in [-0.05, 0) is 42.0 Å². The normalized spacial score (nSPS) is 31.8. The van der Waals surface area contributed by atoms with Crippen molar-refractivity contribution in [2.24, 2.45) is 11.7 Å². The highest BCUT2D eigenvalue weighted by atomic mass is 19.1. The van der Waals surface area contributed by atoms with Gasteiger partial charge in [-0.1, -0.05) is 19.1 Å². The molecule has 13 heavy (non-hydrogen) atoms. The van der Waals surface area contributed by atoms with Crippen molar-refractivity contribution in [3.8, 4) is 0 Å². The molecule has 1 nitrogen and oxygen atoms in total. The van der Waals surface area contributed by atoms with Crippen LogP contribution in [0.2, 0.25) is 0 Å². The molecule has 70 valence electrons. The second kappa shape index (κ2) is 2.81. The molecule has 0 heterocycles. The summed E-state index contributed by atoms with van der Waals surface area (Å²) in [6.07, 6.45) is 1.13. The lowest BCUT2D eigenvalue weighted by molar-refractivity contribution is 0.621. The predicted octanol–water partition coefficient (Wildman–Crippen LogP) is 2.06. The van der Waals surface area contributed by atoms with Crippen LogP contribution in [-0.2, 0) is 5.41 Å². The average molecular weight is 179 g/mol. The topological polar surface area (TPSA) is 26.0 Å². The Morgan fingerprint density at radius 3 is 2.54 bits per heavy atom. The minimum absolute atomic E-state index is 0.169. The van der Waals surface area contributed by atoms with Crippen LogP contribution in [0.25, 0.3) is 0 Å². The SMILES string of the molecule is CC1(c2ccc(F)cc2)C[C@H]1CN. The zero-order chi connectivity index (χ0) is 9.47. The van der Waals surface area contributed by atoms with E-state index in [2.05, 4.69) is 6.92 Å². The van der Waals surface area contributed by atoms with E-state index in [1.807, 2.05) is 12.1 Å². The Balaban J connectivity index is 2.23. The van der Waals surface area contributed by atoms with E-state index in [4.69, 9.17) is 5.73 Å². The van der Waals surface area contributed by atoms with Crippen molar-refractivity contribution in [2.75, 3.05) is 6.54 Å². The predicted molar refractivity (Wildman–Crippen MR) is 50.9 cm³/mol. The molecule has 0 aromatic heterocycles. The van der Waals surface area contributed by atoms with Gasteiger partial charge in [0, 0.05) is 0 Å². The van der Waals surface area contributed by atoms with Gasteiger partial charge in [-0.15, -0.1) is 0 Å². The van der Waals surface area contributed by atoms with Gasteiger partial charge in [0.15, 0.2) is 0 Å². The second-order valence-corrected chi connectivity index (χ2v) is 4.06. The van der Waals surface area contributed by atoms with Crippen LogP contribution in [0, 0.1) is 11.7 Å². The van der Waals surface area contributed by atoms with Gasteiger partial charge in [-0.25, -0.2) is 4.39 Å². The van der Waals surface area contributed by atoms with Gasteiger partial charge in [0.1, 0.15) is 5.82 Å². The Bertz CT molecular complexity index is 306. The number of rotatable bonds is 2. The van der Waals surface area contributed by atoms with E-state index in [9.17, 15) is 4.39 Å². The molecule has 1 aliphatic carbocycles. The van der Waals surface area contributed by atoms with Gasteiger partial charge in [0.25, 0.3) is 0 Å². The monoisotopic (exact) mass is 179 g/mol. The van der Waals surface area contributed by atoms with Gasteiger partial charge in [0.2, 0.25) is 0 Å². The number of hydrogen-bond acceptors (Lipinski definition) is 1. The maximum atomic E-state index is 12.6. The molecule has 0 radical (unpaired) electrons. The van der Waals surface area contributed by atoms with Crippen LogP contribution >= 0.6 is 0 Å². The van der Waals surface area contributed by atoms with Gasteiger partial charge >= 0.3 is 0 Å². The standard InChI is InChI=1S/C11H14FN/c1-11(6-9(11)7-13)8-2-4-10(12)5-3-8/h2-5,9H,6-7,13H2,1H3/t9-,11?/m0/s1.